The van der Waals surface area contributed by atoms with Crippen LogP contribution < -0.4 is 10.9 Å². The zero-order chi connectivity index (χ0) is 19.8. The first-order valence-electron chi connectivity index (χ1n) is 7.98. The first-order valence-corrected chi connectivity index (χ1v) is 9.42. The van der Waals surface area contributed by atoms with Gasteiger partial charge in [0.1, 0.15) is 18.2 Å². The molecule has 1 aromatic heterocycles. The Morgan fingerprint density at radius 3 is 2.70 bits per heavy atom. The highest BCUT2D eigenvalue weighted by Gasteiger charge is 2.40. The summed E-state index contributed by atoms with van der Waals surface area (Å²) in [6, 6.07) is 5.17. The monoisotopic (exact) mass is 404 g/mol. The highest BCUT2D eigenvalue weighted by molar-refractivity contribution is 7.89. The molecule has 2 aromatic rings. The summed E-state index contributed by atoms with van der Waals surface area (Å²) in [7, 11) is -4.12. The van der Waals surface area contributed by atoms with Crippen molar-refractivity contribution in [3.63, 3.8) is 0 Å². The van der Waals surface area contributed by atoms with Gasteiger partial charge in [-0.25, -0.2) is 13.2 Å². The SMILES string of the molecule is O=C(NCC(F)(F)F)C1CCCN1S(=O)(=O)c1ccc2oc(=O)ccc2c1. The number of halogens is 3. The minimum Gasteiger partial charge on any atom is -0.423 e. The van der Waals surface area contributed by atoms with Gasteiger partial charge < -0.3 is 9.73 Å². The van der Waals surface area contributed by atoms with Crippen LogP contribution in [0.3, 0.4) is 0 Å². The van der Waals surface area contributed by atoms with Crippen LogP contribution in [0.4, 0.5) is 13.2 Å². The molecule has 1 saturated heterocycles. The zero-order valence-corrected chi connectivity index (χ0v) is 14.6. The van der Waals surface area contributed by atoms with Gasteiger partial charge in [-0.15, -0.1) is 0 Å². The van der Waals surface area contributed by atoms with Crippen molar-refractivity contribution in [1.82, 2.24) is 9.62 Å². The van der Waals surface area contributed by atoms with Crippen LogP contribution in [0.2, 0.25) is 0 Å². The summed E-state index contributed by atoms with van der Waals surface area (Å²) in [4.78, 5) is 23.1. The Morgan fingerprint density at radius 1 is 1.26 bits per heavy atom. The molecule has 7 nitrogen and oxygen atoms in total. The molecule has 0 bridgehead atoms. The molecule has 146 valence electrons. The number of nitrogens with zero attached hydrogens (tertiary/aromatic N) is 1. The number of nitrogens with one attached hydrogen (secondary N) is 1. The number of amides is 1. The number of hydrogen-bond acceptors (Lipinski definition) is 5. The van der Waals surface area contributed by atoms with Crippen molar-refractivity contribution in [3.8, 4) is 0 Å². The Labute approximate surface area is 151 Å². The number of carbonyl (C=O) groups is 1. The van der Waals surface area contributed by atoms with Gasteiger partial charge in [0.25, 0.3) is 0 Å². The van der Waals surface area contributed by atoms with E-state index in [9.17, 15) is 31.2 Å². The van der Waals surface area contributed by atoms with Crippen LogP contribution in [-0.4, -0.2) is 43.9 Å². The Morgan fingerprint density at radius 2 is 2.00 bits per heavy atom. The van der Waals surface area contributed by atoms with Crippen molar-refractivity contribution in [2.24, 2.45) is 0 Å². The average Bonchev–Trinajstić information content (AvgIpc) is 3.09. The van der Waals surface area contributed by atoms with E-state index in [1.807, 2.05) is 0 Å². The molecule has 1 aliphatic rings. The van der Waals surface area contributed by atoms with Crippen molar-refractivity contribution < 1.29 is 30.8 Å². The van der Waals surface area contributed by atoms with Gasteiger partial charge in [-0.3, -0.25) is 4.79 Å². The fraction of sp³-hybridized carbons (Fsp3) is 0.375. The van der Waals surface area contributed by atoms with E-state index < -0.39 is 40.3 Å². The molecule has 0 saturated carbocycles. The van der Waals surface area contributed by atoms with Gasteiger partial charge in [-0.05, 0) is 37.1 Å². The summed E-state index contributed by atoms with van der Waals surface area (Å²) in [5, 5.41) is 2.10. The van der Waals surface area contributed by atoms with Crippen LogP contribution in [0, 0.1) is 0 Å². The lowest BCUT2D eigenvalue weighted by Crippen LogP contribution is -2.47. The van der Waals surface area contributed by atoms with E-state index >= 15 is 0 Å². The third kappa shape index (κ3) is 4.14. The Balaban J connectivity index is 1.88. The topological polar surface area (TPSA) is 96.7 Å². The molecule has 1 aromatic carbocycles. The van der Waals surface area contributed by atoms with E-state index in [0.717, 1.165) is 10.4 Å². The van der Waals surface area contributed by atoms with E-state index in [-0.39, 0.29) is 23.4 Å². The second-order valence-corrected chi connectivity index (χ2v) is 7.95. The normalized spacial score (nSPS) is 18.7. The second kappa shape index (κ2) is 6.97. The summed E-state index contributed by atoms with van der Waals surface area (Å²) in [5.74, 6) is -0.986. The van der Waals surface area contributed by atoms with Crippen molar-refractivity contribution in [1.29, 1.82) is 0 Å². The van der Waals surface area contributed by atoms with E-state index in [0.29, 0.717) is 11.8 Å². The van der Waals surface area contributed by atoms with Gasteiger partial charge in [0.2, 0.25) is 15.9 Å². The van der Waals surface area contributed by atoms with Crippen LogP contribution in [0.5, 0.6) is 0 Å². The van der Waals surface area contributed by atoms with Gasteiger partial charge in [0.15, 0.2) is 0 Å². The van der Waals surface area contributed by atoms with Crippen LogP contribution in [0.25, 0.3) is 11.0 Å². The minimum absolute atomic E-state index is 0.0222. The third-order valence-electron chi connectivity index (χ3n) is 4.17. The number of carbonyl (C=O) groups excluding carboxylic acids is 1. The van der Waals surface area contributed by atoms with Crippen molar-refractivity contribution >= 4 is 26.9 Å². The summed E-state index contributed by atoms with van der Waals surface area (Å²) < 4.78 is 68.5. The fourth-order valence-corrected chi connectivity index (χ4v) is 4.63. The average molecular weight is 404 g/mol. The molecule has 0 spiro atoms. The lowest BCUT2D eigenvalue weighted by molar-refractivity contribution is -0.140. The lowest BCUT2D eigenvalue weighted by atomic mass is 10.2. The first kappa shape index (κ1) is 19.4. The molecular formula is C16H15F3N2O5S. The van der Waals surface area contributed by atoms with Crippen molar-refractivity contribution in [2.75, 3.05) is 13.1 Å². The van der Waals surface area contributed by atoms with E-state index in [1.165, 1.54) is 24.3 Å². The van der Waals surface area contributed by atoms with Gasteiger partial charge in [-0.2, -0.15) is 17.5 Å². The summed E-state index contributed by atoms with van der Waals surface area (Å²) >= 11 is 0. The molecule has 1 N–H and O–H groups in total. The quantitative estimate of drug-likeness (QED) is 0.782. The molecule has 0 aliphatic carbocycles. The van der Waals surface area contributed by atoms with Crippen LogP contribution >= 0.6 is 0 Å². The molecule has 11 heteroatoms. The lowest BCUT2D eigenvalue weighted by Gasteiger charge is -2.23. The van der Waals surface area contributed by atoms with Gasteiger partial charge in [0, 0.05) is 18.0 Å². The minimum atomic E-state index is -4.58. The third-order valence-corrected chi connectivity index (χ3v) is 6.07. The number of alkyl halides is 3. The molecule has 1 aliphatic heterocycles. The van der Waals surface area contributed by atoms with Gasteiger partial charge >= 0.3 is 11.8 Å². The number of fused-ring (bicyclic) bond motifs is 1. The fourth-order valence-electron chi connectivity index (χ4n) is 2.94. The number of sulfonamides is 1. The molecule has 1 unspecified atom stereocenters. The van der Waals surface area contributed by atoms with Crippen LogP contribution in [0.1, 0.15) is 12.8 Å². The molecule has 3 rings (SSSR count). The molecule has 1 atom stereocenters. The molecule has 0 radical (unpaired) electrons. The molecule has 1 amide bonds. The predicted molar refractivity (Wildman–Crippen MR) is 88.5 cm³/mol. The van der Waals surface area contributed by atoms with Crippen LogP contribution in [-0.2, 0) is 14.8 Å². The summed E-state index contributed by atoms with van der Waals surface area (Å²) in [6.07, 6.45) is -4.10. The summed E-state index contributed by atoms with van der Waals surface area (Å²) in [5.41, 5.74) is -0.388. The highest BCUT2D eigenvalue weighted by atomic mass is 32.2. The maximum absolute atomic E-state index is 12.9. The van der Waals surface area contributed by atoms with Crippen LogP contribution in [0.15, 0.2) is 44.4 Å². The van der Waals surface area contributed by atoms with E-state index in [2.05, 4.69) is 0 Å². The van der Waals surface area contributed by atoms with Gasteiger partial charge in [-0.1, -0.05) is 0 Å². The summed E-state index contributed by atoms with van der Waals surface area (Å²) in [6.45, 7) is -1.50. The Kier molecular flexibility index (Phi) is 5.00. The van der Waals surface area contributed by atoms with Crippen molar-refractivity contribution in [3.05, 3.63) is 40.8 Å². The maximum atomic E-state index is 12.9. The largest absolute Gasteiger partial charge is 0.423 e. The number of rotatable bonds is 4. The maximum Gasteiger partial charge on any atom is 0.405 e. The molecular weight excluding hydrogens is 389 g/mol. The molecule has 27 heavy (non-hydrogen) atoms. The number of hydrogen-bond donors (Lipinski definition) is 1. The van der Waals surface area contributed by atoms with E-state index in [4.69, 9.17) is 4.42 Å². The Bertz CT molecular complexity index is 1030. The zero-order valence-electron chi connectivity index (χ0n) is 13.8. The first-order chi connectivity index (χ1) is 12.6. The predicted octanol–water partition coefficient (Wildman–Crippen LogP) is 1.62. The number of benzene rings is 1. The highest BCUT2D eigenvalue weighted by Crippen LogP contribution is 2.28. The Hall–Kier alpha value is -2.40. The molecule has 2 heterocycles. The van der Waals surface area contributed by atoms with Crippen molar-refractivity contribution in [2.45, 2.75) is 30.0 Å². The van der Waals surface area contributed by atoms with Gasteiger partial charge in [0.05, 0.1) is 4.90 Å². The second-order valence-electron chi connectivity index (χ2n) is 6.06. The molecule has 1 fully saturated rings. The standard InChI is InChI=1S/C16H15F3N2O5S/c17-16(18,19)9-20-15(23)12-2-1-7-21(12)27(24,25)11-4-5-13-10(8-11)3-6-14(22)26-13/h3-6,8,12H,1-2,7,9H2,(H,20,23). The smallest absolute Gasteiger partial charge is 0.405 e. The van der Waals surface area contributed by atoms with E-state index in [1.54, 1.807) is 5.32 Å².